The van der Waals surface area contributed by atoms with Gasteiger partial charge in [0, 0.05) is 19.9 Å². The molecule has 20 heavy (non-hydrogen) atoms. The maximum atomic E-state index is 13.3. The summed E-state index contributed by atoms with van der Waals surface area (Å²) in [4.78, 5) is 10.0. The van der Waals surface area contributed by atoms with Crippen molar-refractivity contribution >= 4 is 17.4 Å². The SMILES string of the molecule is CN1c2nc(Cl)ncc2OCC1C1CCC(F)(F)CC1. The van der Waals surface area contributed by atoms with Crippen LogP contribution in [0.25, 0.3) is 0 Å². The van der Waals surface area contributed by atoms with E-state index in [9.17, 15) is 8.78 Å². The number of fused-ring (bicyclic) bond motifs is 1. The number of hydrogen-bond donors (Lipinski definition) is 0. The van der Waals surface area contributed by atoms with Crippen molar-refractivity contribution in [2.75, 3.05) is 18.6 Å². The van der Waals surface area contributed by atoms with Crippen LogP contribution in [-0.2, 0) is 0 Å². The number of aromatic nitrogens is 2. The van der Waals surface area contributed by atoms with Crippen LogP contribution in [0.1, 0.15) is 25.7 Å². The summed E-state index contributed by atoms with van der Waals surface area (Å²) >= 11 is 5.81. The molecule has 1 aromatic heterocycles. The Morgan fingerprint density at radius 2 is 2.10 bits per heavy atom. The van der Waals surface area contributed by atoms with Gasteiger partial charge in [0.15, 0.2) is 11.6 Å². The number of hydrogen-bond acceptors (Lipinski definition) is 4. The van der Waals surface area contributed by atoms with Crippen molar-refractivity contribution in [3.63, 3.8) is 0 Å². The Balaban J connectivity index is 1.77. The number of likely N-dealkylation sites (N-methyl/N-ethyl adjacent to an activating group) is 1. The smallest absolute Gasteiger partial charge is 0.248 e. The highest BCUT2D eigenvalue weighted by atomic mass is 35.5. The minimum absolute atomic E-state index is 0.0423. The molecule has 1 aliphatic carbocycles. The first kappa shape index (κ1) is 13.8. The number of rotatable bonds is 1. The van der Waals surface area contributed by atoms with Crippen molar-refractivity contribution in [3.05, 3.63) is 11.5 Å². The molecule has 0 aromatic carbocycles. The lowest BCUT2D eigenvalue weighted by molar-refractivity contribution is -0.0501. The van der Waals surface area contributed by atoms with Gasteiger partial charge in [-0.2, -0.15) is 4.98 Å². The molecular weight excluding hydrogens is 288 g/mol. The molecule has 0 amide bonds. The summed E-state index contributed by atoms with van der Waals surface area (Å²) < 4.78 is 32.2. The van der Waals surface area contributed by atoms with E-state index in [0.29, 0.717) is 31.0 Å². The molecule has 0 bridgehead atoms. The monoisotopic (exact) mass is 303 g/mol. The molecule has 0 N–H and O–H groups in total. The number of ether oxygens (including phenoxy) is 1. The highest BCUT2D eigenvalue weighted by molar-refractivity contribution is 6.28. The van der Waals surface area contributed by atoms with Crippen LogP contribution in [-0.4, -0.2) is 35.6 Å². The lowest BCUT2D eigenvalue weighted by Crippen LogP contribution is -2.47. The molecule has 4 nitrogen and oxygen atoms in total. The van der Waals surface area contributed by atoms with Crippen molar-refractivity contribution in [2.45, 2.75) is 37.6 Å². The van der Waals surface area contributed by atoms with Gasteiger partial charge in [-0.05, 0) is 30.4 Å². The second-order valence-corrected chi connectivity index (χ2v) is 5.85. The molecule has 1 saturated carbocycles. The molecule has 7 heteroatoms. The lowest BCUT2D eigenvalue weighted by atomic mass is 9.81. The molecule has 3 rings (SSSR count). The standard InChI is InChI=1S/C13H16ClF2N3O/c1-19-9(8-2-4-13(15,16)5-3-8)7-20-10-6-17-12(14)18-11(10)19/h6,8-9H,2-5,7H2,1H3. The van der Waals surface area contributed by atoms with Crippen LogP contribution in [0, 0.1) is 5.92 Å². The fourth-order valence-electron chi connectivity index (χ4n) is 3.04. The van der Waals surface area contributed by atoms with E-state index in [1.165, 1.54) is 0 Å². The van der Waals surface area contributed by atoms with Gasteiger partial charge in [0.05, 0.1) is 12.2 Å². The van der Waals surface area contributed by atoms with Gasteiger partial charge in [0.2, 0.25) is 11.2 Å². The third-order valence-electron chi connectivity index (χ3n) is 4.25. The van der Waals surface area contributed by atoms with Gasteiger partial charge >= 0.3 is 0 Å². The van der Waals surface area contributed by atoms with Gasteiger partial charge in [0.1, 0.15) is 6.61 Å². The first-order chi connectivity index (χ1) is 9.46. The second kappa shape index (κ2) is 4.98. The Morgan fingerprint density at radius 3 is 2.80 bits per heavy atom. The summed E-state index contributed by atoms with van der Waals surface area (Å²) in [6, 6.07) is 0.0598. The van der Waals surface area contributed by atoms with Gasteiger partial charge in [-0.25, -0.2) is 13.8 Å². The van der Waals surface area contributed by atoms with Crippen LogP contribution in [0.4, 0.5) is 14.6 Å². The summed E-state index contributed by atoms with van der Waals surface area (Å²) in [5.41, 5.74) is 0. The Bertz CT molecular complexity index is 504. The zero-order chi connectivity index (χ0) is 14.3. The fraction of sp³-hybridized carbons (Fsp3) is 0.692. The largest absolute Gasteiger partial charge is 0.486 e. The quantitative estimate of drug-likeness (QED) is 0.747. The third kappa shape index (κ3) is 2.53. The predicted molar refractivity (Wildman–Crippen MR) is 71.6 cm³/mol. The van der Waals surface area contributed by atoms with Gasteiger partial charge < -0.3 is 9.64 Å². The number of halogens is 3. The number of nitrogens with zero attached hydrogens (tertiary/aromatic N) is 3. The zero-order valence-electron chi connectivity index (χ0n) is 11.2. The van der Waals surface area contributed by atoms with Crippen LogP contribution in [0.3, 0.4) is 0 Å². The summed E-state index contributed by atoms with van der Waals surface area (Å²) in [6.45, 7) is 0.477. The second-order valence-electron chi connectivity index (χ2n) is 5.51. The lowest BCUT2D eigenvalue weighted by Gasteiger charge is -2.41. The van der Waals surface area contributed by atoms with E-state index in [-0.39, 0.29) is 30.1 Å². The number of anilines is 1. The Labute approximate surface area is 121 Å². The molecule has 110 valence electrons. The maximum absolute atomic E-state index is 13.3. The first-order valence-corrected chi connectivity index (χ1v) is 7.10. The molecule has 1 aliphatic heterocycles. The van der Waals surface area contributed by atoms with Crippen molar-refractivity contribution < 1.29 is 13.5 Å². The van der Waals surface area contributed by atoms with Crippen molar-refractivity contribution in [2.24, 2.45) is 5.92 Å². The molecule has 0 spiro atoms. The average Bonchev–Trinajstić information content (AvgIpc) is 2.41. The van der Waals surface area contributed by atoms with E-state index in [4.69, 9.17) is 16.3 Å². The van der Waals surface area contributed by atoms with Gasteiger partial charge in [-0.3, -0.25) is 0 Å². The Morgan fingerprint density at radius 1 is 1.40 bits per heavy atom. The summed E-state index contributed by atoms with van der Waals surface area (Å²) in [5.74, 6) is -1.08. The predicted octanol–water partition coefficient (Wildman–Crippen LogP) is 3.15. The molecule has 2 aliphatic rings. The van der Waals surface area contributed by atoms with Crippen LogP contribution in [0.5, 0.6) is 5.75 Å². The van der Waals surface area contributed by atoms with Gasteiger partial charge in [-0.15, -0.1) is 0 Å². The van der Waals surface area contributed by atoms with E-state index in [1.807, 2.05) is 11.9 Å². The molecule has 1 atom stereocenters. The zero-order valence-corrected chi connectivity index (χ0v) is 11.9. The third-order valence-corrected chi connectivity index (χ3v) is 4.44. The molecule has 1 fully saturated rings. The van der Waals surface area contributed by atoms with E-state index >= 15 is 0 Å². The molecule has 2 heterocycles. The van der Waals surface area contributed by atoms with E-state index in [1.54, 1.807) is 6.20 Å². The van der Waals surface area contributed by atoms with Crippen LogP contribution < -0.4 is 9.64 Å². The van der Waals surface area contributed by atoms with Crippen molar-refractivity contribution in [3.8, 4) is 5.75 Å². The minimum Gasteiger partial charge on any atom is -0.486 e. The summed E-state index contributed by atoms with van der Waals surface area (Å²) in [5, 5.41) is 0.162. The molecule has 0 saturated heterocycles. The highest BCUT2D eigenvalue weighted by Crippen LogP contribution is 2.41. The minimum atomic E-state index is -2.51. The van der Waals surface area contributed by atoms with Crippen molar-refractivity contribution in [1.82, 2.24) is 9.97 Å². The molecule has 0 radical (unpaired) electrons. The summed E-state index contributed by atoms with van der Waals surface area (Å²) in [7, 11) is 1.90. The maximum Gasteiger partial charge on any atom is 0.248 e. The Kier molecular flexibility index (Phi) is 3.44. The summed E-state index contributed by atoms with van der Waals surface area (Å²) in [6.07, 6.45) is 2.49. The molecule has 1 aromatic rings. The topological polar surface area (TPSA) is 38.2 Å². The first-order valence-electron chi connectivity index (χ1n) is 6.72. The molecule has 1 unspecified atom stereocenters. The van der Waals surface area contributed by atoms with E-state index in [2.05, 4.69) is 9.97 Å². The molecular formula is C13H16ClF2N3O. The normalized spacial score (nSPS) is 26.0. The van der Waals surface area contributed by atoms with Gasteiger partial charge in [-0.1, -0.05) is 0 Å². The number of alkyl halides is 2. The van der Waals surface area contributed by atoms with Crippen LogP contribution >= 0.6 is 11.6 Å². The highest BCUT2D eigenvalue weighted by Gasteiger charge is 2.40. The van der Waals surface area contributed by atoms with Gasteiger partial charge in [0.25, 0.3) is 0 Å². The Hall–Kier alpha value is -1.17. The fourth-order valence-corrected chi connectivity index (χ4v) is 3.17. The van der Waals surface area contributed by atoms with Crippen molar-refractivity contribution in [1.29, 1.82) is 0 Å². The van der Waals surface area contributed by atoms with E-state index in [0.717, 1.165) is 0 Å². The average molecular weight is 304 g/mol. The van der Waals surface area contributed by atoms with E-state index < -0.39 is 5.92 Å². The van der Waals surface area contributed by atoms with Crippen LogP contribution in [0.15, 0.2) is 6.20 Å². The van der Waals surface area contributed by atoms with Crippen LogP contribution in [0.2, 0.25) is 5.28 Å².